The molecule has 9 heteroatoms. The second-order valence-corrected chi connectivity index (χ2v) is 8.48. The van der Waals surface area contributed by atoms with E-state index in [1.807, 2.05) is 0 Å². The lowest BCUT2D eigenvalue weighted by atomic mass is 9.95. The molecule has 0 atom stereocenters. The molecule has 2 aromatic heterocycles. The molecule has 0 radical (unpaired) electrons. The smallest absolute Gasteiger partial charge is 0.252 e. The molecular weight excluding hydrogens is 416 g/mol. The topological polar surface area (TPSA) is 130 Å². The molecule has 3 aromatic rings. The predicted octanol–water partition coefficient (Wildman–Crippen LogP) is 2.73. The second kappa shape index (κ2) is 7.99. The SMILES string of the molecule is COc1ccc(-c2c(N)c(=O)c(C(C)=O)nn2-c2sc3c(c2C(N)=O)CCCC3)cc1. The van der Waals surface area contributed by atoms with Gasteiger partial charge in [0.15, 0.2) is 11.5 Å². The van der Waals surface area contributed by atoms with Gasteiger partial charge in [-0.05, 0) is 55.5 Å². The molecule has 31 heavy (non-hydrogen) atoms. The van der Waals surface area contributed by atoms with Crippen molar-refractivity contribution in [3.05, 3.63) is 56.2 Å². The van der Waals surface area contributed by atoms with E-state index >= 15 is 0 Å². The Hall–Kier alpha value is -3.46. The normalized spacial score (nSPS) is 13.0. The van der Waals surface area contributed by atoms with E-state index in [-0.39, 0.29) is 11.4 Å². The number of rotatable bonds is 5. The van der Waals surface area contributed by atoms with Gasteiger partial charge in [0, 0.05) is 17.4 Å². The standard InChI is InChI=1S/C22H22N4O4S/c1-11(27)18-20(28)17(23)19(12-7-9-13(30-2)10-8-12)26(25-18)22-16(21(24)29)14-5-3-4-6-15(14)31-22/h7-10H,3-6,23H2,1-2H3,(H2,24,29). The maximum Gasteiger partial charge on any atom is 0.252 e. The molecule has 1 aromatic carbocycles. The number of aromatic nitrogens is 2. The molecule has 8 nitrogen and oxygen atoms in total. The molecule has 4 N–H and O–H groups in total. The van der Waals surface area contributed by atoms with Gasteiger partial charge in [-0.1, -0.05) is 0 Å². The first-order chi connectivity index (χ1) is 14.8. The molecule has 160 valence electrons. The molecule has 0 spiro atoms. The van der Waals surface area contributed by atoms with Crippen molar-refractivity contribution >= 4 is 28.7 Å². The fourth-order valence-corrected chi connectivity index (χ4v) is 5.25. The zero-order valence-electron chi connectivity index (χ0n) is 17.2. The average Bonchev–Trinajstić information content (AvgIpc) is 3.15. The molecule has 1 aliphatic rings. The minimum atomic E-state index is -0.642. The van der Waals surface area contributed by atoms with E-state index < -0.39 is 17.1 Å². The number of ketones is 1. The van der Waals surface area contributed by atoms with Crippen LogP contribution in [0.3, 0.4) is 0 Å². The molecule has 0 fully saturated rings. The van der Waals surface area contributed by atoms with Gasteiger partial charge in [0.25, 0.3) is 5.91 Å². The monoisotopic (exact) mass is 438 g/mol. The lowest BCUT2D eigenvalue weighted by molar-refractivity contribution is 0.0995. The third-order valence-electron chi connectivity index (χ3n) is 5.42. The number of hydrogen-bond acceptors (Lipinski definition) is 7. The van der Waals surface area contributed by atoms with Crippen molar-refractivity contribution in [1.82, 2.24) is 9.78 Å². The van der Waals surface area contributed by atoms with Crippen LogP contribution in [0.4, 0.5) is 5.69 Å². The number of anilines is 1. The molecule has 0 unspecified atom stereocenters. The van der Waals surface area contributed by atoms with Crippen molar-refractivity contribution < 1.29 is 14.3 Å². The van der Waals surface area contributed by atoms with Gasteiger partial charge in [-0.3, -0.25) is 14.4 Å². The van der Waals surface area contributed by atoms with E-state index in [4.69, 9.17) is 16.2 Å². The summed E-state index contributed by atoms with van der Waals surface area (Å²) in [5, 5.41) is 4.83. The number of hydrogen-bond donors (Lipinski definition) is 2. The van der Waals surface area contributed by atoms with Crippen molar-refractivity contribution in [3.8, 4) is 22.0 Å². The number of nitrogens with two attached hydrogens (primary N) is 2. The van der Waals surface area contributed by atoms with Gasteiger partial charge in [0.2, 0.25) is 5.43 Å². The first-order valence-electron chi connectivity index (χ1n) is 9.86. The molecule has 4 rings (SSSR count). The lowest BCUT2D eigenvalue weighted by Gasteiger charge is -2.16. The Morgan fingerprint density at radius 2 is 1.84 bits per heavy atom. The van der Waals surface area contributed by atoms with Crippen LogP contribution in [0.1, 0.15) is 51.1 Å². The largest absolute Gasteiger partial charge is 0.497 e. The summed E-state index contributed by atoms with van der Waals surface area (Å²) in [5.41, 5.74) is 13.2. The summed E-state index contributed by atoms with van der Waals surface area (Å²) in [6.45, 7) is 1.26. The minimum Gasteiger partial charge on any atom is -0.497 e. The van der Waals surface area contributed by atoms with Gasteiger partial charge < -0.3 is 16.2 Å². The fourth-order valence-electron chi connectivity index (χ4n) is 3.90. The van der Waals surface area contributed by atoms with Crippen molar-refractivity contribution in [2.75, 3.05) is 12.8 Å². The highest BCUT2D eigenvalue weighted by Gasteiger charge is 2.28. The summed E-state index contributed by atoms with van der Waals surface area (Å²) in [6, 6.07) is 6.95. The van der Waals surface area contributed by atoms with Crippen molar-refractivity contribution in [2.45, 2.75) is 32.6 Å². The molecule has 1 aliphatic carbocycles. The quantitative estimate of drug-likeness (QED) is 0.589. The summed E-state index contributed by atoms with van der Waals surface area (Å²) >= 11 is 1.40. The fraction of sp³-hybridized carbons (Fsp3) is 0.273. The Morgan fingerprint density at radius 1 is 1.16 bits per heavy atom. The second-order valence-electron chi connectivity index (χ2n) is 7.39. The van der Waals surface area contributed by atoms with Gasteiger partial charge in [-0.25, -0.2) is 4.68 Å². The molecule has 0 saturated carbocycles. The maximum atomic E-state index is 12.8. The maximum absolute atomic E-state index is 12.8. The van der Waals surface area contributed by atoms with E-state index in [1.165, 1.54) is 22.9 Å². The Morgan fingerprint density at radius 3 is 2.45 bits per heavy atom. The number of amides is 1. The number of benzene rings is 1. The number of fused-ring (bicyclic) bond motifs is 1. The molecule has 1 amide bonds. The average molecular weight is 439 g/mol. The highest BCUT2D eigenvalue weighted by atomic mass is 32.1. The van der Waals surface area contributed by atoms with Gasteiger partial charge >= 0.3 is 0 Å². The van der Waals surface area contributed by atoms with E-state index in [2.05, 4.69) is 5.10 Å². The Labute approximate surface area is 182 Å². The van der Waals surface area contributed by atoms with Crippen molar-refractivity contribution in [1.29, 1.82) is 0 Å². The van der Waals surface area contributed by atoms with Crippen LogP contribution in [0.15, 0.2) is 29.1 Å². The number of carbonyl (C=O) groups is 2. The number of methoxy groups -OCH3 is 1. The van der Waals surface area contributed by atoms with E-state index in [0.717, 1.165) is 36.1 Å². The number of nitrogens with zero attached hydrogens (tertiary/aromatic N) is 2. The number of ether oxygens (including phenoxy) is 1. The highest BCUT2D eigenvalue weighted by Crippen LogP contribution is 2.39. The highest BCUT2D eigenvalue weighted by molar-refractivity contribution is 7.15. The summed E-state index contributed by atoms with van der Waals surface area (Å²) in [7, 11) is 1.55. The van der Waals surface area contributed by atoms with E-state index in [1.54, 1.807) is 31.4 Å². The summed E-state index contributed by atoms with van der Waals surface area (Å²) < 4.78 is 6.64. The number of Topliss-reactive ketones (excluding diaryl/α,β-unsaturated/α-hetero) is 1. The third-order valence-corrected chi connectivity index (χ3v) is 6.68. The minimum absolute atomic E-state index is 0.118. The predicted molar refractivity (Wildman–Crippen MR) is 119 cm³/mol. The van der Waals surface area contributed by atoms with Crippen LogP contribution < -0.4 is 21.6 Å². The van der Waals surface area contributed by atoms with E-state index in [9.17, 15) is 14.4 Å². The Bertz CT molecular complexity index is 1260. The van der Waals surface area contributed by atoms with Crippen LogP contribution in [0.5, 0.6) is 5.75 Å². The number of carbonyl (C=O) groups excluding carboxylic acids is 2. The van der Waals surface area contributed by atoms with Crippen LogP contribution >= 0.6 is 11.3 Å². The number of thiophene rings is 1. The first-order valence-corrected chi connectivity index (χ1v) is 10.7. The van der Waals surface area contributed by atoms with Crippen LogP contribution in [0.25, 0.3) is 16.3 Å². The molecule has 0 bridgehead atoms. The van der Waals surface area contributed by atoms with Gasteiger partial charge in [-0.2, -0.15) is 5.10 Å². The van der Waals surface area contributed by atoms with Crippen LogP contribution in [0, 0.1) is 0 Å². The molecule has 0 aliphatic heterocycles. The van der Waals surface area contributed by atoms with Gasteiger partial charge in [-0.15, -0.1) is 11.3 Å². The molecule has 0 saturated heterocycles. The Balaban J connectivity index is 2.08. The summed E-state index contributed by atoms with van der Waals surface area (Å²) in [6.07, 6.45) is 3.58. The van der Waals surface area contributed by atoms with E-state index in [0.29, 0.717) is 27.6 Å². The lowest BCUT2D eigenvalue weighted by Crippen LogP contribution is -2.26. The van der Waals surface area contributed by atoms with Gasteiger partial charge in [0.1, 0.15) is 22.1 Å². The number of nitrogen functional groups attached to an aromatic ring is 1. The zero-order valence-corrected chi connectivity index (χ0v) is 18.0. The molecule has 2 heterocycles. The summed E-state index contributed by atoms with van der Waals surface area (Å²) in [4.78, 5) is 38.4. The third kappa shape index (κ3) is 3.50. The Kier molecular flexibility index (Phi) is 5.36. The first kappa shape index (κ1) is 20.8. The van der Waals surface area contributed by atoms with Crippen molar-refractivity contribution in [3.63, 3.8) is 0 Å². The van der Waals surface area contributed by atoms with Crippen LogP contribution in [0.2, 0.25) is 0 Å². The van der Waals surface area contributed by atoms with Crippen LogP contribution in [-0.4, -0.2) is 28.6 Å². The van der Waals surface area contributed by atoms with Crippen molar-refractivity contribution in [2.24, 2.45) is 5.73 Å². The van der Waals surface area contributed by atoms with Crippen LogP contribution in [-0.2, 0) is 12.8 Å². The number of aryl methyl sites for hydroxylation is 1. The zero-order chi connectivity index (χ0) is 22.3. The number of primary amides is 1. The van der Waals surface area contributed by atoms with Gasteiger partial charge in [0.05, 0.1) is 12.7 Å². The molecular formula is C22H22N4O4S. The summed E-state index contributed by atoms with van der Waals surface area (Å²) in [5.74, 6) is -0.443.